The molecular formula is C23H21NO5. The molecule has 4 rings (SSSR count). The summed E-state index contributed by atoms with van der Waals surface area (Å²) in [6.45, 7) is 6.16. The summed E-state index contributed by atoms with van der Waals surface area (Å²) in [6.07, 6.45) is 1.55. The van der Waals surface area contributed by atoms with Gasteiger partial charge in [-0.15, -0.1) is 0 Å². The number of fused-ring (bicyclic) bond motifs is 1. The second kappa shape index (κ2) is 7.47. The van der Waals surface area contributed by atoms with Crippen molar-refractivity contribution in [3.63, 3.8) is 0 Å². The summed E-state index contributed by atoms with van der Waals surface area (Å²) in [6, 6.07) is 12.0. The van der Waals surface area contributed by atoms with Crippen molar-refractivity contribution in [2.45, 2.75) is 33.9 Å². The summed E-state index contributed by atoms with van der Waals surface area (Å²) < 4.78 is 16.9. The van der Waals surface area contributed by atoms with Crippen molar-refractivity contribution in [2.75, 3.05) is 0 Å². The van der Waals surface area contributed by atoms with E-state index in [2.05, 4.69) is 0 Å². The first-order valence-corrected chi connectivity index (χ1v) is 9.33. The molecule has 1 aromatic carbocycles. The van der Waals surface area contributed by atoms with Crippen LogP contribution in [0.2, 0.25) is 0 Å². The lowest BCUT2D eigenvalue weighted by Gasteiger charge is -2.20. The highest BCUT2D eigenvalue weighted by Crippen LogP contribution is 2.21. The molecule has 0 radical (unpaired) electrons. The number of nitrogens with zero attached hydrogens (tertiary/aromatic N) is 1. The van der Waals surface area contributed by atoms with Gasteiger partial charge in [-0.3, -0.25) is 9.59 Å². The van der Waals surface area contributed by atoms with Crippen molar-refractivity contribution in [2.24, 2.45) is 0 Å². The lowest BCUT2D eigenvalue weighted by atomic mass is 10.1. The molecule has 0 N–H and O–H groups in total. The highest BCUT2D eigenvalue weighted by atomic mass is 16.4. The predicted molar refractivity (Wildman–Crippen MR) is 108 cm³/mol. The van der Waals surface area contributed by atoms with Gasteiger partial charge in [-0.25, -0.2) is 0 Å². The fraction of sp³-hybridized carbons (Fsp3) is 0.217. The number of rotatable bonds is 5. The first kappa shape index (κ1) is 18.8. The van der Waals surface area contributed by atoms with Crippen LogP contribution in [0.15, 0.2) is 66.8 Å². The second-order valence-electron chi connectivity index (χ2n) is 7.16. The van der Waals surface area contributed by atoms with Crippen molar-refractivity contribution in [1.29, 1.82) is 0 Å². The average molecular weight is 391 g/mol. The Labute approximate surface area is 167 Å². The van der Waals surface area contributed by atoms with Gasteiger partial charge in [-0.05, 0) is 68.3 Å². The molecule has 0 spiro atoms. The van der Waals surface area contributed by atoms with Crippen molar-refractivity contribution in [3.05, 3.63) is 93.1 Å². The number of furan rings is 2. The van der Waals surface area contributed by atoms with Gasteiger partial charge in [0.2, 0.25) is 0 Å². The average Bonchev–Trinajstić information content (AvgIpc) is 3.34. The van der Waals surface area contributed by atoms with E-state index in [4.69, 9.17) is 13.3 Å². The molecular weight excluding hydrogens is 370 g/mol. The zero-order valence-corrected chi connectivity index (χ0v) is 16.5. The molecule has 29 heavy (non-hydrogen) atoms. The zero-order valence-electron chi connectivity index (χ0n) is 16.5. The van der Waals surface area contributed by atoms with Gasteiger partial charge < -0.3 is 18.2 Å². The van der Waals surface area contributed by atoms with Crippen LogP contribution in [0.5, 0.6) is 0 Å². The van der Waals surface area contributed by atoms with E-state index in [0.717, 1.165) is 16.9 Å². The summed E-state index contributed by atoms with van der Waals surface area (Å²) >= 11 is 0. The minimum Gasteiger partial charge on any atom is -0.467 e. The highest BCUT2D eigenvalue weighted by molar-refractivity contribution is 5.93. The molecule has 4 aromatic rings. The molecule has 6 heteroatoms. The topological polar surface area (TPSA) is 76.8 Å². The Hall–Kier alpha value is -3.54. The lowest BCUT2D eigenvalue weighted by Crippen LogP contribution is -2.30. The van der Waals surface area contributed by atoms with Crippen LogP contribution in [0.4, 0.5) is 0 Å². The summed E-state index contributed by atoms with van der Waals surface area (Å²) in [4.78, 5) is 27.4. The van der Waals surface area contributed by atoms with E-state index in [0.29, 0.717) is 22.5 Å². The molecule has 0 aliphatic heterocycles. The van der Waals surface area contributed by atoms with Crippen LogP contribution in [0.3, 0.4) is 0 Å². The van der Waals surface area contributed by atoms with E-state index in [-0.39, 0.29) is 24.3 Å². The minimum atomic E-state index is -0.410. The standard InChI is InChI=1S/C23H21NO5/c1-14-9-19-20(25)11-22(29-21(19)10-15(14)2)23(26)24(12-17-5-4-8-27-17)13-18-7-6-16(3)28-18/h4-11H,12-13H2,1-3H3. The predicted octanol–water partition coefficient (Wildman–Crippen LogP) is 4.75. The summed E-state index contributed by atoms with van der Waals surface area (Å²) in [5.74, 6) is 1.59. The molecule has 0 aliphatic carbocycles. The first-order chi connectivity index (χ1) is 13.9. The zero-order chi connectivity index (χ0) is 20.5. The molecule has 0 aliphatic rings. The highest BCUT2D eigenvalue weighted by Gasteiger charge is 2.22. The molecule has 1 amide bonds. The molecule has 148 valence electrons. The van der Waals surface area contributed by atoms with Gasteiger partial charge >= 0.3 is 0 Å². The molecule has 0 saturated heterocycles. The van der Waals surface area contributed by atoms with E-state index < -0.39 is 5.91 Å². The summed E-state index contributed by atoms with van der Waals surface area (Å²) in [5.41, 5.74) is 2.14. The van der Waals surface area contributed by atoms with Gasteiger partial charge in [0.15, 0.2) is 11.2 Å². The maximum absolute atomic E-state index is 13.2. The lowest BCUT2D eigenvalue weighted by molar-refractivity contribution is 0.0672. The van der Waals surface area contributed by atoms with Gasteiger partial charge in [0.1, 0.15) is 22.9 Å². The molecule has 3 aromatic heterocycles. The van der Waals surface area contributed by atoms with Crippen LogP contribution in [0.1, 0.15) is 39.0 Å². The number of hydrogen-bond donors (Lipinski definition) is 0. The van der Waals surface area contributed by atoms with Gasteiger partial charge in [0, 0.05) is 6.07 Å². The maximum Gasteiger partial charge on any atom is 0.290 e. The number of aryl methyl sites for hydroxylation is 3. The smallest absolute Gasteiger partial charge is 0.290 e. The molecule has 3 heterocycles. The van der Waals surface area contributed by atoms with Crippen LogP contribution in [0, 0.1) is 20.8 Å². The largest absolute Gasteiger partial charge is 0.467 e. The van der Waals surface area contributed by atoms with Gasteiger partial charge in [0.25, 0.3) is 5.91 Å². The van der Waals surface area contributed by atoms with Crippen molar-refractivity contribution >= 4 is 16.9 Å². The van der Waals surface area contributed by atoms with E-state index in [1.54, 1.807) is 30.5 Å². The Morgan fingerprint density at radius 2 is 1.69 bits per heavy atom. The molecule has 0 atom stereocenters. The third-order valence-electron chi connectivity index (χ3n) is 4.91. The van der Waals surface area contributed by atoms with Crippen LogP contribution in [-0.4, -0.2) is 10.8 Å². The Morgan fingerprint density at radius 1 is 0.931 bits per heavy atom. The third kappa shape index (κ3) is 3.87. The number of hydrogen-bond acceptors (Lipinski definition) is 5. The molecule has 0 fully saturated rings. The van der Waals surface area contributed by atoms with Crippen LogP contribution >= 0.6 is 0 Å². The Bertz CT molecular complexity index is 1230. The molecule has 0 unspecified atom stereocenters. The summed E-state index contributed by atoms with van der Waals surface area (Å²) in [7, 11) is 0. The summed E-state index contributed by atoms with van der Waals surface area (Å²) in [5, 5.41) is 0.462. The van der Waals surface area contributed by atoms with Crippen molar-refractivity contribution in [1.82, 2.24) is 4.90 Å². The SMILES string of the molecule is Cc1ccc(CN(Cc2ccco2)C(=O)c2cc(=O)c3cc(C)c(C)cc3o2)o1. The van der Waals surface area contributed by atoms with Gasteiger partial charge in [0.05, 0.1) is 24.7 Å². The van der Waals surface area contributed by atoms with Gasteiger partial charge in [-0.1, -0.05) is 0 Å². The van der Waals surface area contributed by atoms with Crippen molar-refractivity contribution in [3.8, 4) is 0 Å². The van der Waals surface area contributed by atoms with E-state index in [9.17, 15) is 9.59 Å². The van der Waals surface area contributed by atoms with E-state index >= 15 is 0 Å². The number of amides is 1. The number of carbonyl (C=O) groups is 1. The Balaban J connectivity index is 1.72. The second-order valence-corrected chi connectivity index (χ2v) is 7.16. The van der Waals surface area contributed by atoms with Crippen LogP contribution < -0.4 is 5.43 Å². The third-order valence-corrected chi connectivity index (χ3v) is 4.91. The van der Waals surface area contributed by atoms with Crippen molar-refractivity contribution < 1.29 is 18.0 Å². The number of carbonyl (C=O) groups excluding carboxylic acids is 1. The van der Waals surface area contributed by atoms with E-state index in [1.165, 1.54) is 11.0 Å². The number of benzene rings is 1. The molecule has 0 saturated carbocycles. The molecule has 6 nitrogen and oxygen atoms in total. The normalized spacial score (nSPS) is 11.1. The van der Waals surface area contributed by atoms with E-state index in [1.807, 2.05) is 32.9 Å². The first-order valence-electron chi connectivity index (χ1n) is 9.33. The maximum atomic E-state index is 13.2. The Kier molecular flexibility index (Phi) is 4.84. The fourth-order valence-corrected chi connectivity index (χ4v) is 3.22. The monoisotopic (exact) mass is 391 g/mol. The quantitative estimate of drug-likeness (QED) is 0.491. The van der Waals surface area contributed by atoms with Crippen LogP contribution in [-0.2, 0) is 13.1 Å². The molecule has 0 bridgehead atoms. The van der Waals surface area contributed by atoms with Crippen LogP contribution in [0.25, 0.3) is 11.0 Å². The van der Waals surface area contributed by atoms with Gasteiger partial charge in [-0.2, -0.15) is 0 Å². The minimum absolute atomic E-state index is 0.0133. The fourth-order valence-electron chi connectivity index (χ4n) is 3.22. The Morgan fingerprint density at radius 3 is 2.38 bits per heavy atom.